The van der Waals surface area contributed by atoms with Gasteiger partial charge in [-0.05, 0) is 19.4 Å². The van der Waals surface area contributed by atoms with E-state index in [1.54, 1.807) is 6.92 Å². The molecule has 2 atom stereocenters. The molecule has 0 saturated carbocycles. The number of esters is 1. The molecule has 0 fully saturated rings. The molecule has 4 nitrogen and oxygen atoms in total. The topological polar surface area (TPSA) is 64.3 Å². The Balaban J connectivity index is 2.38. The van der Waals surface area contributed by atoms with Crippen LogP contribution in [0.1, 0.15) is 25.5 Å². The maximum Gasteiger partial charge on any atom is 0.324 e. The van der Waals surface area contributed by atoms with Crippen LogP contribution in [-0.4, -0.2) is 25.2 Å². The lowest BCUT2D eigenvalue weighted by Crippen LogP contribution is -2.42. The third kappa shape index (κ3) is 4.54. The molecule has 0 aromatic heterocycles. The molecule has 1 aromatic rings. The highest BCUT2D eigenvalue weighted by Crippen LogP contribution is 2.10. The van der Waals surface area contributed by atoms with Crippen molar-refractivity contribution >= 4 is 5.97 Å². The number of hydrogen-bond donors (Lipinski definition) is 2. The molecule has 0 aliphatic carbocycles. The second kappa shape index (κ2) is 7.04. The average molecular weight is 236 g/mol. The van der Waals surface area contributed by atoms with Crippen molar-refractivity contribution in [2.45, 2.75) is 25.9 Å². The molecule has 94 valence electrons. The van der Waals surface area contributed by atoms with Crippen LogP contribution in [0.3, 0.4) is 0 Å². The Labute approximate surface area is 102 Å². The second-order valence-electron chi connectivity index (χ2n) is 3.90. The van der Waals surface area contributed by atoms with Crippen molar-refractivity contribution in [1.82, 2.24) is 5.32 Å². The van der Waals surface area contributed by atoms with Crippen LogP contribution in [0, 0.1) is 0 Å². The second-order valence-corrected chi connectivity index (χ2v) is 3.90. The Bertz CT molecular complexity index is 341. The Hall–Kier alpha value is -1.39. The van der Waals surface area contributed by atoms with Gasteiger partial charge in [-0.15, -0.1) is 0 Å². The van der Waals surface area contributed by atoms with Crippen LogP contribution in [0.5, 0.6) is 0 Å². The zero-order valence-electron chi connectivity index (χ0n) is 10.3. The molecule has 1 rings (SSSR count). The van der Waals surface area contributed by atoms with Gasteiger partial charge in [0.2, 0.25) is 0 Å². The third-order valence-corrected chi connectivity index (χ3v) is 2.53. The number of rotatable bonds is 6. The number of benzene rings is 1. The van der Waals surface area contributed by atoms with Gasteiger partial charge in [0, 0.05) is 12.6 Å². The van der Waals surface area contributed by atoms with Crippen molar-refractivity contribution in [2.75, 3.05) is 13.2 Å². The minimum Gasteiger partial charge on any atom is -0.465 e. The molecule has 0 amide bonds. The first-order chi connectivity index (χ1) is 8.15. The van der Waals surface area contributed by atoms with Gasteiger partial charge in [0.1, 0.15) is 6.04 Å². The zero-order valence-corrected chi connectivity index (χ0v) is 10.3. The Kier molecular flexibility index (Phi) is 5.66. The molecule has 0 aliphatic rings. The highest BCUT2D eigenvalue weighted by molar-refractivity contribution is 5.75. The van der Waals surface area contributed by atoms with Gasteiger partial charge in [-0.2, -0.15) is 0 Å². The smallest absolute Gasteiger partial charge is 0.324 e. The summed E-state index contributed by atoms with van der Waals surface area (Å²) in [6.45, 7) is 4.58. The number of nitrogens with two attached hydrogens (primary N) is 1. The van der Waals surface area contributed by atoms with Crippen molar-refractivity contribution in [3.8, 4) is 0 Å². The fourth-order valence-corrected chi connectivity index (χ4v) is 1.50. The Morgan fingerprint density at radius 3 is 2.65 bits per heavy atom. The number of carbonyl (C=O) groups excluding carboxylic acids is 1. The summed E-state index contributed by atoms with van der Waals surface area (Å²) in [6, 6.07) is 9.57. The molecule has 0 unspecified atom stereocenters. The van der Waals surface area contributed by atoms with Crippen molar-refractivity contribution in [3.63, 3.8) is 0 Å². The van der Waals surface area contributed by atoms with E-state index in [9.17, 15) is 4.79 Å². The van der Waals surface area contributed by atoms with Crippen molar-refractivity contribution in [3.05, 3.63) is 35.9 Å². The highest BCUT2D eigenvalue weighted by Gasteiger charge is 2.15. The fourth-order valence-electron chi connectivity index (χ4n) is 1.50. The number of ether oxygens (including phenoxy) is 1. The van der Waals surface area contributed by atoms with Gasteiger partial charge in [-0.1, -0.05) is 30.3 Å². The maximum absolute atomic E-state index is 11.3. The first kappa shape index (κ1) is 13.7. The maximum atomic E-state index is 11.3. The van der Waals surface area contributed by atoms with Crippen molar-refractivity contribution < 1.29 is 9.53 Å². The van der Waals surface area contributed by atoms with Gasteiger partial charge >= 0.3 is 5.97 Å². The van der Waals surface area contributed by atoms with Crippen LogP contribution in [0.25, 0.3) is 0 Å². The fraction of sp³-hybridized carbons (Fsp3) is 0.462. The predicted molar refractivity (Wildman–Crippen MR) is 67.5 cm³/mol. The van der Waals surface area contributed by atoms with E-state index in [1.807, 2.05) is 37.3 Å². The van der Waals surface area contributed by atoms with Gasteiger partial charge < -0.3 is 15.8 Å². The van der Waals surface area contributed by atoms with Gasteiger partial charge in [0.05, 0.1) is 6.61 Å². The predicted octanol–water partition coefficient (Wildman–Crippen LogP) is 1.23. The molecule has 17 heavy (non-hydrogen) atoms. The quantitative estimate of drug-likeness (QED) is 0.729. The van der Waals surface area contributed by atoms with E-state index in [-0.39, 0.29) is 12.0 Å². The lowest BCUT2D eigenvalue weighted by Gasteiger charge is -2.17. The molecule has 1 aromatic carbocycles. The van der Waals surface area contributed by atoms with E-state index < -0.39 is 6.04 Å². The number of carbonyl (C=O) groups is 1. The van der Waals surface area contributed by atoms with Gasteiger partial charge in [-0.3, -0.25) is 4.79 Å². The van der Waals surface area contributed by atoms with E-state index in [4.69, 9.17) is 10.5 Å². The molecule has 0 heterocycles. The van der Waals surface area contributed by atoms with Crippen LogP contribution in [0.15, 0.2) is 30.3 Å². The summed E-state index contributed by atoms with van der Waals surface area (Å²) in [7, 11) is 0. The molecule has 0 bridgehead atoms. The summed E-state index contributed by atoms with van der Waals surface area (Å²) in [5, 5.41) is 3.21. The van der Waals surface area contributed by atoms with Crippen molar-refractivity contribution in [2.24, 2.45) is 5.73 Å². The summed E-state index contributed by atoms with van der Waals surface area (Å²) >= 11 is 0. The van der Waals surface area contributed by atoms with Gasteiger partial charge in [0.15, 0.2) is 0 Å². The molecule has 4 heteroatoms. The molecule has 0 spiro atoms. The molecule has 3 N–H and O–H groups in total. The van der Waals surface area contributed by atoms with E-state index in [0.717, 1.165) is 0 Å². The van der Waals surface area contributed by atoms with Gasteiger partial charge in [0.25, 0.3) is 0 Å². The molecular weight excluding hydrogens is 216 g/mol. The van der Waals surface area contributed by atoms with Crippen LogP contribution in [0.2, 0.25) is 0 Å². The number of hydrogen-bond acceptors (Lipinski definition) is 4. The summed E-state index contributed by atoms with van der Waals surface area (Å²) in [5.41, 5.74) is 6.86. The largest absolute Gasteiger partial charge is 0.465 e. The van der Waals surface area contributed by atoms with Crippen LogP contribution in [-0.2, 0) is 9.53 Å². The summed E-state index contributed by atoms with van der Waals surface area (Å²) in [6.07, 6.45) is 0. The Morgan fingerprint density at radius 2 is 2.06 bits per heavy atom. The van der Waals surface area contributed by atoms with Crippen molar-refractivity contribution in [1.29, 1.82) is 0 Å². The van der Waals surface area contributed by atoms with E-state index in [2.05, 4.69) is 5.32 Å². The lowest BCUT2D eigenvalue weighted by molar-refractivity contribution is -0.144. The minimum atomic E-state index is -0.610. The standard InChI is InChI=1S/C13H20N2O2/c1-3-17-13(16)12(14)9-15-10(2)11-7-5-4-6-8-11/h4-8,10,12,15H,3,9,14H2,1-2H3/t10-,12+/m1/s1. The zero-order chi connectivity index (χ0) is 12.7. The van der Waals surface area contributed by atoms with Crippen LogP contribution >= 0.6 is 0 Å². The SMILES string of the molecule is CCOC(=O)[C@@H](N)CN[C@H](C)c1ccccc1. The Morgan fingerprint density at radius 1 is 1.41 bits per heavy atom. The first-order valence-electron chi connectivity index (χ1n) is 5.85. The van der Waals surface area contributed by atoms with Crippen LogP contribution < -0.4 is 11.1 Å². The average Bonchev–Trinajstić information content (AvgIpc) is 2.36. The third-order valence-electron chi connectivity index (χ3n) is 2.53. The lowest BCUT2D eigenvalue weighted by atomic mass is 10.1. The molecule has 0 aliphatic heterocycles. The normalized spacial score (nSPS) is 14.1. The minimum absolute atomic E-state index is 0.164. The molecule has 0 saturated heterocycles. The van der Waals surface area contributed by atoms with E-state index in [0.29, 0.717) is 13.2 Å². The monoisotopic (exact) mass is 236 g/mol. The van der Waals surface area contributed by atoms with Gasteiger partial charge in [-0.25, -0.2) is 0 Å². The molecular formula is C13H20N2O2. The number of nitrogens with one attached hydrogen (secondary N) is 1. The first-order valence-corrected chi connectivity index (χ1v) is 5.85. The summed E-state index contributed by atoms with van der Waals surface area (Å²) in [4.78, 5) is 11.3. The summed E-state index contributed by atoms with van der Waals surface area (Å²) in [5.74, 6) is -0.361. The summed E-state index contributed by atoms with van der Waals surface area (Å²) < 4.78 is 4.84. The van der Waals surface area contributed by atoms with E-state index in [1.165, 1.54) is 5.56 Å². The molecule has 0 radical (unpaired) electrons. The van der Waals surface area contributed by atoms with E-state index >= 15 is 0 Å². The highest BCUT2D eigenvalue weighted by atomic mass is 16.5. The van der Waals surface area contributed by atoms with Crippen LogP contribution in [0.4, 0.5) is 0 Å².